The normalized spacial score (nSPS) is 9.83. The summed E-state index contributed by atoms with van der Waals surface area (Å²) in [7, 11) is 0. The SMILES string of the molecule is N#Cc1ncccc1CNc1cc(Br)ccc1Cl. The molecule has 90 valence electrons. The average Bonchev–Trinajstić information content (AvgIpc) is 2.40. The van der Waals surface area contributed by atoms with E-state index in [4.69, 9.17) is 16.9 Å². The summed E-state index contributed by atoms with van der Waals surface area (Å²) in [5.41, 5.74) is 2.09. The third-order valence-electron chi connectivity index (χ3n) is 2.39. The molecular formula is C13H9BrClN3. The van der Waals surface area contributed by atoms with Gasteiger partial charge in [0.2, 0.25) is 0 Å². The van der Waals surface area contributed by atoms with Crippen LogP contribution in [0.25, 0.3) is 0 Å². The molecule has 1 heterocycles. The van der Waals surface area contributed by atoms with Crippen molar-refractivity contribution >= 4 is 33.2 Å². The highest BCUT2D eigenvalue weighted by atomic mass is 79.9. The molecule has 18 heavy (non-hydrogen) atoms. The fourth-order valence-electron chi connectivity index (χ4n) is 1.51. The summed E-state index contributed by atoms with van der Waals surface area (Å²) in [5, 5.41) is 12.8. The van der Waals surface area contributed by atoms with E-state index in [1.165, 1.54) is 0 Å². The number of aromatic nitrogens is 1. The maximum atomic E-state index is 8.94. The number of nitrogens with one attached hydrogen (secondary N) is 1. The monoisotopic (exact) mass is 321 g/mol. The van der Waals surface area contributed by atoms with Gasteiger partial charge in [0.05, 0.1) is 10.7 Å². The minimum atomic E-state index is 0.427. The number of halogens is 2. The third-order valence-corrected chi connectivity index (χ3v) is 3.22. The first-order chi connectivity index (χ1) is 8.70. The predicted molar refractivity (Wildman–Crippen MR) is 75.4 cm³/mol. The molecule has 2 rings (SSSR count). The Labute approximate surface area is 119 Å². The Bertz CT molecular complexity index is 607. The van der Waals surface area contributed by atoms with Crippen LogP contribution in [0.2, 0.25) is 5.02 Å². The first-order valence-corrected chi connectivity index (χ1v) is 6.40. The molecule has 1 aromatic carbocycles. The summed E-state index contributed by atoms with van der Waals surface area (Å²) < 4.78 is 0.945. The highest BCUT2D eigenvalue weighted by Crippen LogP contribution is 2.26. The van der Waals surface area contributed by atoms with E-state index in [1.54, 1.807) is 12.3 Å². The second kappa shape index (κ2) is 5.85. The molecule has 0 bridgehead atoms. The van der Waals surface area contributed by atoms with Gasteiger partial charge in [0.1, 0.15) is 11.8 Å². The lowest BCUT2D eigenvalue weighted by Crippen LogP contribution is -2.03. The van der Waals surface area contributed by atoms with Crippen LogP contribution >= 0.6 is 27.5 Å². The molecular weight excluding hydrogens is 314 g/mol. The zero-order valence-electron chi connectivity index (χ0n) is 9.32. The van der Waals surface area contributed by atoms with E-state index >= 15 is 0 Å². The Morgan fingerprint density at radius 2 is 2.22 bits per heavy atom. The van der Waals surface area contributed by atoms with Gasteiger partial charge in [-0.05, 0) is 24.3 Å². The van der Waals surface area contributed by atoms with Crippen LogP contribution in [0.3, 0.4) is 0 Å². The van der Waals surface area contributed by atoms with Crippen molar-refractivity contribution < 1.29 is 0 Å². The summed E-state index contributed by atoms with van der Waals surface area (Å²) in [6.07, 6.45) is 1.61. The molecule has 5 heteroatoms. The van der Waals surface area contributed by atoms with Gasteiger partial charge in [-0.25, -0.2) is 4.98 Å². The summed E-state index contributed by atoms with van der Waals surface area (Å²) >= 11 is 9.46. The second-order valence-corrected chi connectivity index (χ2v) is 4.92. The van der Waals surface area contributed by atoms with Crippen molar-refractivity contribution in [3.63, 3.8) is 0 Å². The van der Waals surface area contributed by atoms with Gasteiger partial charge in [0.25, 0.3) is 0 Å². The number of anilines is 1. The van der Waals surface area contributed by atoms with Gasteiger partial charge in [-0.1, -0.05) is 33.6 Å². The predicted octanol–water partition coefficient (Wildman–Crippen LogP) is 3.98. The maximum absolute atomic E-state index is 8.94. The average molecular weight is 323 g/mol. The Morgan fingerprint density at radius 1 is 1.39 bits per heavy atom. The molecule has 0 amide bonds. The van der Waals surface area contributed by atoms with Gasteiger partial charge in [-0.3, -0.25) is 0 Å². The van der Waals surface area contributed by atoms with Crippen LogP contribution < -0.4 is 5.32 Å². The van der Waals surface area contributed by atoms with Crippen molar-refractivity contribution in [3.8, 4) is 6.07 Å². The number of pyridine rings is 1. The van der Waals surface area contributed by atoms with Crippen LogP contribution in [0.5, 0.6) is 0 Å². The number of nitrogens with zero attached hydrogens (tertiary/aromatic N) is 2. The molecule has 1 aromatic heterocycles. The van der Waals surface area contributed by atoms with Gasteiger partial charge < -0.3 is 5.32 Å². The van der Waals surface area contributed by atoms with Crippen LogP contribution in [0.4, 0.5) is 5.69 Å². The molecule has 0 saturated heterocycles. The van der Waals surface area contributed by atoms with Crippen molar-refractivity contribution in [1.82, 2.24) is 4.98 Å². The third kappa shape index (κ3) is 3.00. The molecule has 0 aliphatic rings. The van der Waals surface area contributed by atoms with Crippen molar-refractivity contribution in [2.45, 2.75) is 6.54 Å². The molecule has 0 saturated carbocycles. The molecule has 2 aromatic rings. The molecule has 0 radical (unpaired) electrons. The zero-order chi connectivity index (χ0) is 13.0. The van der Waals surface area contributed by atoms with Crippen LogP contribution in [-0.4, -0.2) is 4.98 Å². The lowest BCUT2D eigenvalue weighted by Gasteiger charge is -2.09. The molecule has 3 nitrogen and oxygen atoms in total. The first-order valence-electron chi connectivity index (χ1n) is 5.23. The van der Waals surface area contributed by atoms with E-state index in [1.807, 2.05) is 24.3 Å². The summed E-state index contributed by atoms with van der Waals surface area (Å²) in [6.45, 7) is 0.507. The van der Waals surface area contributed by atoms with Crippen LogP contribution in [0, 0.1) is 11.3 Å². The van der Waals surface area contributed by atoms with Gasteiger partial charge in [0.15, 0.2) is 0 Å². The van der Waals surface area contributed by atoms with E-state index in [0.29, 0.717) is 17.3 Å². The van der Waals surface area contributed by atoms with Gasteiger partial charge >= 0.3 is 0 Å². The zero-order valence-corrected chi connectivity index (χ0v) is 11.7. The van der Waals surface area contributed by atoms with Gasteiger partial charge in [0, 0.05) is 22.8 Å². The van der Waals surface area contributed by atoms with E-state index in [0.717, 1.165) is 15.7 Å². The fourth-order valence-corrected chi connectivity index (χ4v) is 2.05. The fraction of sp³-hybridized carbons (Fsp3) is 0.0769. The molecule has 1 N–H and O–H groups in total. The summed E-state index contributed by atoms with van der Waals surface area (Å²) in [4.78, 5) is 4.01. The minimum Gasteiger partial charge on any atom is -0.380 e. The van der Waals surface area contributed by atoms with Crippen LogP contribution in [0.15, 0.2) is 41.0 Å². The second-order valence-electron chi connectivity index (χ2n) is 3.60. The highest BCUT2D eigenvalue weighted by Gasteiger charge is 2.04. The Balaban J connectivity index is 2.17. The Kier molecular flexibility index (Phi) is 4.19. The highest BCUT2D eigenvalue weighted by molar-refractivity contribution is 9.10. The summed E-state index contributed by atoms with van der Waals surface area (Å²) in [5.74, 6) is 0. The molecule has 0 fully saturated rings. The van der Waals surface area contributed by atoms with Crippen molar-refractivity contribution in [3.05, 3.63) is 57.3 Å². The van der Waals surface area contributed by atoms with Gasteiger partial charge in [-0.15, -0.1) is 0 Å². The van der Waals surface area contributed by atoms with E-state index in [9.17, 15) is 0 Å². The summed E-state index contributed by atoms with van der Waals surface area (Å²) in [6, 6.07) is 11.3. The molecule has 0 atom stereocenters. The number of benzene rings is 1. The topological polar surface area (TPSA) is 48.7 Å². The Hall–Kier alpha value is -1.57. The molecule has 0 aliphatic carbocycles. The number of nitriles is 1. The first kappa shape index (κ1) is 12.9. The largest absolute Gasteiger partial charge is 0.380 e. The van der Waals surface area contributed by atoms with E-state index < -0.39 is 0 Å². The molecule has 0 aliphatic heterocycles. The molecule has 0 unspecified atom stereocenters. The van der Waals surface area contributed by atoms with E-state index in [2.05, 4.69) is 32.3 Å². The number of hydrogen-bond donors (Lipinski definition) is 1. The number of rotatable bonds is 3. The lowest BCUT2D eigenvalue weighted by atomic mass is 10.2. The Morgan fingerprint density at radius 3 is 3.00 bits per heavy atom. The maximum Gasteiger partial charge on any atom is 0.145 e. The van der Waals surface area contributed by atoms with Crippen molar-refractivity contribution in [1.29, 1.82) is 5.26 Å². The van der Waals surface area contributed by atoms with Crippen LogP contribution in [-0.2, 0) is 6.54 Å². The van der Waals surface area contributed by atoms with Crippen molar-refractivity contribution in [2.75, 3.05) is 5.32 Å². The van der Waals surface area contributed by atoms with E-state index in [-0.39, 0.29) is 0 Å². The number of hydrogen-bond acceptors (Lipinski definition) is 3. The van der Waals surface area contributed by atoms with Gasteiger partial charge in [-0.2, -0.15) is 5.26 Å². The standard InChI is InChI=1S/C13H9BrClN3/c14-10-3-4-11(15)12(6-10)18-8-9-2-1-5-17-13(9)7-16/h1-6,18H,8H2. The quantitative estimate of drug-likeness (QED) is 0.930. The molecule has 0 spiro atoms. The lowest BCUT2D eigenvalue weighted by molar-refractivity contribution is 1.09. The van der Waals surface area contributed by atoms with Crippen molar-refractivity contribution in [2.24, 2.45) is 0 Å². The minimum absolute atomic E-state index is 0.427. The smallest absolute Gasteiger partial charge is 0.145 e. The van der Waals surface area contributed by atoms with Crippen LogP contribution in [0.1, 0.15) is 11.3 Å².